The number of nitrogens with zero attached hydrogens (tertiary/aromatic N) is 2. The van der Waals surface area contributed by atoms with E-state index in [1.807, 2.05) is 30.3 Å². The second-order valence-corrected chi connectivity index (χ2v) is 11.9. The number of likely N-dealkylation sites (N-methyl/N-ethyl adjacent to an activating group) is 1. The van der Waals surface area contributed by atoms with Gasteiger partial charge in [0.05, 0.1) is 30.6 Å². The first-order chi connectivity index (χ1) is 20.9. The monoisotopic (exact) mass is 627 g/mol. The molecule has 0 radical (unpaired) electrons. The Bertz CT molecular complexity index is 1390. The molecule has 0 aromatic heterocycles. The lowest BCUT2D eigenvalue weighted by molar-refractivity contribution is -0.157. The molecule has 44 heavy (non-hydrogen) atoms. The number of benzene rings is 2. The number of amides is 5. The van der Waals surface area contributed by atoms with Crippen LogP contribution in [0.5, 0.6) is 5.75 Å². The molecule has 2 aliphatic rings. The SMILES string of the molecule is CC(C)[C@@H]1NC(=O)CN(C)C(=O)[C@@H](Cc2ccccc2)NC(=O)[C@H]2CN(C(=O)Cc3ccc(O)c(Cl)c3)C[C@H](CNC1=O)O2. The Morgan fingerprint density at radius 2 is 1.75 bits per heavy atom. The average molecular weight is 628 g/mol. The zero-order valence-electron chi connectivity index (χ0n) is 24.9. The lowest BCUT2D eigenvalue weighted by Gasteiger charge is -2.38. The number of halogens is 1. The maximum atomic E-state index is 13.6. The topological polar surface area (TPSA) is 157 Å². The predicted octanol–water partition coefficient (Wildman–Crippen LogP) is 0.641. The van der Waals surface area contributed by atoms with E-state index in [0.717, 1.165) is 5.56 Å². The van der Waals surface area contributed by atoms with Crippen LogP contribution in [0.2, 0.25) is 5.02 Å². The molecule has 236 valence electrons. The van der Waals surface area contributed by atoms with Crippen molar-refractivity contribution >= 4 is 41.1 Å². The molecule has 0 aliphatic carbocycles. The highest BCUT2D eigenvalue weighted by Gasteiger charge is 2.38. The van der Waals surface area contributed by atoms with Gasteiger partial charge in [0, 0.05) is 26.6 Å². The lowest BCUT2D eigenvalue weighted by atomic mass is 10.0. The van der Waals surface area contributed by atoms with E-state index in [2.05, 4.69) is 16.0 Å². The molecule has 4 N–H and O–H groups in total. The molecule has 2 saturated heterocycles. The molecule has 2 heterocycles. The smallest absolute Gasteiger partial charge is 0.251 e. The quantitative estimate of drug-likeness (QED) is 0.379. The molecular weight excluding hydrogens is 590 g/mol. The standard InChI is InChI=1S/C31H38ClN5O7/c1-18(2)28-30(42)33-14-21-15-37(27(40)13-20-9-10-24(38)22(32)11-20)16-25(44-21)29(41)34-23(12-19-7-5-4-6-8-19)31(43)36(3)17-26(39)35-28/h4-11,18,21,23,25,28,38H,12-17H2,1-3H3,(H,33,42)(H,34,41)(H,35,39)/t21-,23+,25+,28-/m0/s1. The van der Waals surface area contributed by atoms with Gasteiger partial charge in [-0.15, -0.1) is 0 Å². The molecule has 13 heteroatoms. The van der Waals surface area contributed by atoms with Crippen LogP contribution < -0.4 is 16.0 Å². The van der Waals surface area contributed by atoms with Gasteiger partial charge in [0.1, 0.15) is 17.8 Å². The molecule has 0 unspecified atom stereocenters. The van der Waals surface area contributed by atoms with Gasteiger partial charge in [0.15, 0.2) is 6.10 Å². The highest BCUT2D eigenvalue weighted by atomic mass is 35.5. The van der Waals surface area contributed by atoms with Crippen LogP contribution in [0.4, 0.5) is 0 Å². The first-order valence-electron chi connectivity index (χ1n) is 14.5. The van der Waals surface area contributed by atoms with Crippen molar-refractivity contribution in [3.63, 3.8) is 0 Å². The molecule has 0 spiro atoms. The fourth-order valence-corrected chi connectivity index (χ4v) is 5.40. The second kappa shape index (κ2) is 14.5. The second-order valence-electron chi connectivity index (χ2n) is 11.5. The summed E-state index contributed by atoms with van der Waals surface area (Å²) in [6.07, 6.45) is -1.78. The number of nitrogens with one attached hydrogen (secondary N) is 3. The summed E-state index contributed by atoms with van der Waals surface area (Å²) in [5.74, 6) is -2.75. The van der Waals surface area contributed by atoms with Gasteiger partial charge in [-0.3, -0.25) is 24.0 Å². The Hall–Kier alpha value is -4.16. The molecule has 5 amide bonds. The van der Waals surface area contributed by atoms with Crippen LogP contribution in [0.25, 0.3) is 0 Å². The van der Waals surface area contributed by atoms with Gasteiger partial charge in [-0.1, -0.05) is 61.8 Å². The maximum Gasteiger partial charge on any atom is 0.251 e. The van der Waals surface area contributed by atoms with Crippen molar-refractivity contribution in [2.45, 2.75) is 51.0 Å². The number of phenols is 1. The number of morpholine rings is 1. The highest BCUT2D eigenvalue weighted by molar-refractivity contribution is 6.32. The molecule has 2 aromatic carbocycles. The van der Waals surface area contributed by atoms with Gasteiger partial charge in [-0.25, -0.2) is 0 Å². The molecule has 2 aliphatic heterocycles. The van der Waals surface area contributed by atoms with Gasteiger partial charge in [-0.2, -0.15) is 0 Å². The van der Waals surface area contributed by atoms with Gasteiger partial charge in [0.25, 0.3) is 5.91 Å². The summed E-state index contributed by atoms with van der Waals surface area (Å²) >= 11 is 6.02. The summed E-state index contributed by atoms with van der Waals surface area (Å²) in [4.78, 5) is 69.3. The molecule has 0 saturated carbocycles. The summed E-state index contributed by atoms with van der Waals surface area (Å²) in [5.41, 5.74) is 1.36. The minimum absolute atomic E-state index is 0.0250. The van der Waals surface area contributed by atoms with Crippen LogP contribution in [0.3, 0.4) is 0 Å². The Labute approximate surface area is 261 Å². The van der Waals surface area contributed by atoms with E-state index in [9.17, 15) is 29.1 Å². The van der Waals surface area contributed by atoms with E-state index in [1.54, 1.807) is 19.9 Å². The summed E-state index contributed by atoms with van der Waals surface area (Å²) in [6, 6.07) is 11.7. The van der Waals surface area contributed by atoms with Crippen molar-refractivity contribution in [2.24, 2.45) is 5.92 Å². The fourth-order valence-electron chi connectivity index (χ4n) is 5.20. The summed E-state index contributed by atoms with van der Waals surface area (Å²) in [7, 11) is 1.46. The van der Waals surface area contributed by atoms with Gasteiger partial charge < -0.3 is 35.6 Å². The Morgan fingerprint density at radius 3 is 2.43 bits per heavy atom. The highest BCUT2D eigenvalue weighted by Crippen LogP contribution is 2.24. The molecule has 12 nitrogen and oxygen atoms in total. The number of fused-ring (bicyclic) bond motifs is 2. The van der Waals surface area contributed by atoms with Crippen LogP contribution in [0.15, 0.2) is 48.5 Å². The molecule has 4 atom stereocenters. The van der Waals surface area contributed by atoms with Crippen molar-refractivity contribution < 1.29 is 33.8 Å². The number of aromatic hydroxyl groups is 1. The number of ether oxygens (including phenoxy) is 1. The van der Waals surface area contributed by atoms with Gasteiger partial charge in [-0.05, 0) is 29.2 Å². The molecule has 2 bridgehead atoms. The van der Waals surface area contributed by atoms with Gasteiger partial charge >= 0.3 is 0 Å². The third-order valence-corrected chi connectivity index (χ3v) is 7.91. The van der Waals surface area contributed by atoms with Crippen LogP contribution in [-0.4, -0.2) is 102 Å². The minimum Gasteiger partial charge on any atom is -0.506 e. The zero-order valence-corrected chi connectivity index (χ0v) is 25.7. The van der Waals surface area contributed by atoms with Crippen molar-refractivity contribution in [2.75, 3.05) is 33.2 Å². The van der Waals surface area contributed by atoms with E-state index in [1.165, 1.54) is 29.0 Å². The molecular formula is C31H38ClN5O7. The van der Waals surface area contributed by atoms with E-state index < -0.39 is 47.9 Å². The van der Waals surface area contributed by atoms with Gasteiger partial charge in [0.2, 0.25) is 23.6 Å². The first-order valence-corrected chi connectivity index (χ1v) is 14.9. The largest absolute Gasteiger partial charge is 0.506 e. The summed E-state index contributed by atoms with van der Waals surface area (Å²) < 4.78 is 6.08. The third-order valence-electron chi connectivity index (χ3n) is 7.60. The molecule has 2 fully saturated rings. The van der Waals surface area contributed by atoms with Crippen molar-refractivity contribution in [1.82, 2.24) is 25.8 Å². The maximum absolute atomic E-state index is 13.6. The molecule has 2 aromatic rings. The van der Waals surface area contributed by atoms with Crippen molar-refractivity contribution in [3.8, 4) is 5.75 Å². The Morgan fingerprint density at radius 1 is 1.02 bits per heavy atom. The van der Waals surface area contributed by atoms with E-state index in [-0.39, 0.29) is 61.6 Å². The number of carbonyl (C=O) groups is 5. The summed E-state index contributed by atoms with van der Waals surface area (Å²) in [6.45, 7) is 3.23. The Balaban J connectivity index is 1.62. The lowest BCUT2D eigenvalue weighted by Crippen LogP contribution is -2.60. The number of hydrogen-bond donors (Lipinski definition) is 4. The predicted molar refractivity (Wildman–Crippen MR) is 162 cm³/mol. The zero-order chi connectivity index (χ0) is 32.0. The van der Waals surface area contributed by atoms with Crippen LogP contribution >= 0.6 is 11.6 Å². The fraction of sp³-hybridized carbons (Fsp3) is 0.452. The summed E-state index contributed by atoms with van der Waals surface area (Å²) in [5, 5.41) is 18.1. The first kappa shape index (κ1) is 32.7. The number of hydrogen-bond acceptors (Lipinski definition) is 7. The Kier molecular flexibility index (Phi) is 10.8. The number of phenolic OH excluding ortho intramolecular Hbond substituents is 1. The van der Waals surface area contributed by atoms with E-state index in [0.29, 0.717) is 5.56 Å². The van der Waals surface area contributed by atoms with Crippen molar-refractivity contribution in [3.05, 3.63) is 64.7 Å². The average Bonchev–Trinajstić information content (AvgIpc) is 2.99. The third kappa shape index (κ3) is 8.48. The number of carbonyl (C=O) groups excluding carboxylic acids is 5. The van der Waals surface area contributed by atoms with E-state index in [4.69, 9.17) is 16.3 Å². The van der Waals surface area contributed by atoms with E-state index >= 15 is 0 Å². The van der Waals surface area contributed by atoms with Crippen LogP contribution in [0, 0.1) is 5.92 Å². The number of rotatable bonds is 5. The van der Waals surface area contributed by atoms with Crippen molar-refractivity contribution in [1.29, 1.82) is 0 Å². The van der Waals surface area contributed by atoms with Crippen LogP contribution in [-0.2, 0) is 41.6 Å². The normalized spacial score (nSPS) is 23.8. The molecule has 4 rings (SSSR count). The minimum atomic E-state index is -1.14. The van der Waals surface area contributed by atoms with Crippen LogP contribution in [0.1, 0.15) is 25.0 Å².